The van der Waals surface area contributed by atoms with Gasteiger partial charge in [0.05, 0.1) is 0 Å². The molecule has 0 saturated heterocycles. The minimum Gasteiger partial charge on any atom is -0.480 e. The first kappa shape index (κ1) is 13.5. The van der Waals surface area contributed by atoms with Gasteiger partial charge < -0.3 is 10.2 Å². The Bertz CT molecular complexity index is 359. The molecule has 0 aliphatic rings. The van der Waals surface area contributed by atoms with E-state index in [1.807, 2.05) is 0 Å². The first-order valence-electron chi connectivity index (χ1n) is 4.99. The molecule has 1 aromatic carbocycles. The third-order valence-corrected chi connectivity index (χ3v) is 2.20. The van der Waals surface area contributed by atoms with E-state index < -0.39 is 31.1 Å². The van der Waals surface area contributed by atoms with Crippen molar-refractivity contribution in [3.8, 4) is 0 Å². The Morgan fingerprint density at radius 3 is 2.35 bits per heavy atom. The van der Waals surface area contributed by atoms with Gasteiger partial charge in [0.15, 0.2) is 0 Å². The summed E-state index contributed by atoms with van der Waals surface area (Å²) in [6, 6.07) is 7.05. The second kappa shape index (κ2) is 6.27. The molecule has 6 heteroatoms. The number of carboxylic acids is 1. The van der Waals surface area contributed by atoms with Gasteiger partial charge >= 0.3 is 5.97 Å². The molecule has 2 unspecified atom stereocenters. The molecule has 17 heavy (non-hydrogen) atoms. The van der Waals surface area contributed by atoms with Crippen LogP contribution in [0.1, 0.15) is 11.6 Å². The van der Waals surface area contributed by atoms with Crippen LogP contribution in [0.25, 0.3) is 0 Å². The maximum Gasteiger partial charge on any atom is 0.325 e. The maximum absolute atomic E-state index is 12.0. The van der Waals surface area contributed by atoms with Gasteiger partial charge in [0.25, 0.3) is 6.43 Å². The molecular formula is C11H13F2NO3. The number of carboxylic acid groups (broad SMARTS) is 1. The van der Waals surface area contributed by atoms with Crippen LogP contribution in [0.2, 0.25) is 0 Å². The molecule has 0 radical (unpaired) electrons. The molecule has 0 spiro atoms. The van der Waals surface area contributed by atoms with Gasteiger partial charge in [0.2, 0.25) is 0 Å². The average molecular weight is 245 g/mol. The summed E-state index contributed by atoms with van der Waals surface area (Å²) in [4.78, 5) is 11.0. The molecule has 2 atom stereocenters. The summed E-state index contributed by atoms with van der Waals surface area (Å²) < 4.78 is 24.1. The number of nitrogens with one attached hydrogen (secondary N) is 1. The predicted molar refractivity (Wildman–Crippen MR) is 56.8 cm³/mol. The number of aliphatic hydroxyl groups is 1. The zero-order chi connectivity index (χ0) is 12.8. The fourth-order valence-corrected chi connectivity index (χ4v) is 1.32. The summed E-state index contributed by atoms with van der Waals surface area (Å²) in [7, 11) is 0. The molecule has 0 aliphatic heterocycles. The van der Waals surface area contributed by atoms with Crippen molar-refractivity contribution in [3.63, 3.8) is 0 Å². The standard InChI is InChI=1S/C11H13F2NO3/c12-10(13)8(15)6-14-9(11(16)17)7-4-2-1-3-5-7/h1-5,8-10,14-15H,6H2,(H,16,17). The molecule has 94 valence electrons. The van der Waals surface area contributed by atoms with E-state index in [4.69, 9.17) is 10.2 Å². The zero-order valence-electron chi connectivity index (χ0n) is 8.88. The number of hydrogen-bond donors (Lipinski definition) is 3. The summed E-state index contributed by atoms with van der Waals surface area (Å²) in [5, 5.41) is 20.2. The number of benzene rings is 1. The molecule has 0 amide bonds. The quantitative estimate of drug-likeness (QED) is 0.700. The topological polar surface area (TPSA) is 69.6 Å². The van der Waals surface area contributed by atoms with Gasteiger partial charge in [-0.05, 0) is 5.56 Å². The number of aliphatic hydroxyl groups excluding tert-OH is 1. The van der Waals surface area contributed by atoms with Crippen LogP contribution in [0.5, 0.6) is 0 Å². The molecule has 3 N–H and O–H groups in total. The number of carbonyl (C=O) groups is 1. The Hall–Kier alpha value is -1.53. The molecule has 0 fully saturated rings. The zero-order valence-corrected chi connectivity index (χ0v) is 8.88. The van der Waals surface area contributed by atoms with Crippen LogP contribution in [0.4, 0.5) is 8.78 Å². The van der Waals surface area contributed by atoms with Crippen molar-refractivity contribution in [1.29, 1.82) is 0 Å². The molecule has 4 nitrogen and oxygen atoms in total. The van der Waals surface area contributed by atoms with Crippen molar-refractivity contribution in [3.05, 3.63) is 35.9 Å². The SMILES string of the molecule is O=C(O)C(NCC(O)C(F)F)c1ccccc1. The van der Waals surface area contributed by atoms with E-state index in [-0.39, 0.29) is 0 Å². The fraction of sp³-hybridized carbons (Fsp3) is 0.364. The second-order valence-electron chi connectivity index (χ2n) is 3.49. The lowest BCUT2D eigenvalue weighted by molar-refractivity contribution is -0.140. The van der Waals surface area contributed by atoms with E-state index in [0.717, 1.165) is 0 Å². The Balaban J connectivity index is 2.66. The highest BCUT2D eigenvalue weighted by Gasteiger charge is 2.23. The van der Waals surface area contributed by atoms with Gasteiger partial charge in [-0.3, -0.25) is 10.1 Å². The third-order valence-electron chi connectivity index (χ3n) is 2.20. The summed E-state index contributed by atoms with van der Waals surface area (Å²) >= 11 is 0. The number of rotatable bonds is 6. The van der Waals surface area contributed by atoms with Crippen molar-refractivity contribution in [2.45, 2.75) is 18.6 Å². The van der Waals surface area contributed by atoms with E-state index in [9.17, 15) is 13.6 Å². The van der Waals surface area contributed by atoms with E-state index >= 15 is 0 Å². The van der Waals surface area contributed by atoms with Crippen molar-refractivity contribution < 1.29 is 23.8 Å². The van der Waals surface area contributed by atoms with Gasteiger partial charge in [-0.25, -0.2) is 8.78 Å². The van der Waals surface area contributed by atoms with Crippen molar-refractivity contribution in [2.24, 2.45) is 0 Å². The van der Waals surface area contributed by atoms with Crippen LogP contribution >= 0.6 is 0 Å². The maximum atomic E-state index is 12.0. The highest BCUT2D eigenvalue weighted by atomic mass is 19.3. The summed E-state index contributed by atoms with van der Waals surface area (Å²) in [6.45, 7) is -0.483. The molecule has 0 heterocycles. The molecule has 0 aliphatic carbocycles. The Labute approximate surface area is 96.9 Å². The predicted octanol–water partition coefficient (Wildman–Crippen LogP) is 1.03. The normalized spacial score (nSPS) is 14.6. The third kappa shape index (κ3) is 4.08. The Kier molecular flexibility index (Phi) is 4.99. The van der Waals surface area contributed by atoms with Gasteiger partial charge in [-0.2, -0.15) is 0 Å². The van der Waals surface area contributed by atoms with E-state index in [1.165, 1.54) is 0 Å². The van der Waals surface area contributed by atoms with Crippen molar-refractivity contribution in [2.75, 3.05) is 6.54 Å². The summed E-state index contributed by atoms with van der Waals surface area (Å²) in [5.41, 5.74) is 0.446. The van der Waals surface area contributed by atoms with Crippen LogP contribution < -0.4 is 5.32 Å². The van der Waals surface area contributed by atoms with E-state index in [2.05, 4.69) is 5.32 Å². The smallest absolute Gasteiger partial charge is 0.325 e. The Morgan fingerprint density at radius 2 is 1.88 bits per heavy atom. The average Bonchev–Trinajstić information content (AvgIpc) is 2.29. The highest BCUT2D eigenvalue weighted by Crippen LogP contribution is 2.13. The van der Waals surface area contributed by atoms with E-state index in [0.29, 0.717) is 5.56 Å². The van der Waals surface area contributed by atoms with E-state index in [1.54, 1.807) is 30.3 Å². The van der Waals surface area contributed by atoms with Crippen LogP contribution in [0.15, 0.2) is 30.3 Å². The molecular weight excluding hydrogens is 232 g/mol. The van der Waals surface area contributed by atoms with Crippen LogP contribution in [-0.4, -0.2) is 35.3 Å². The monoisotopic (exact) mass is 245 g/mol. The Morgan fingerprint density at radius 1 is 1.29 bits per heavy atom. The minimum atomic E-state index is -2.90. The van der Waals surface area contributed by atoms with Gasteiger partial charge in [-0.15, -0.1) is 0 Å². The van der Waals surface area contributed by atoms with Crippen LogP contribution in [0, 0.1) is 0 Å². The molecule has 0 saturated carbocycles. The second-order valence-corrected chi connectivity index (χ2v) is 3.49. The molecule has 0 aromatic heterocycles. The largest absolute Gasteiger partial charge is 0.480 e. The first-order chi connectivity index (χ1) is 8.02. The van der Waals surface area contributed by atoms with Crippen LogP contribution in [0.3, 0.4) is 0 Å². The highest BCUT2D eigenvalue weighted by molar-refractivity contribution is 5.75. The number of alkyl halides is 2. The summed E-state index contributed by atoms with van der Waals surface area (Å²) in [5.74, 6) is -1.18. The fourth-order valence-electron chi connectivity index (χ4n) is 1.32. The molecule has 0 bridgehead atoms. The first-order valence-corrected chi connectivity index (χ1v) is 4.99. The van der Waals surface area contributed by atoms with Crippen molar-refractivity contribution >= 4 is 5.97 Å². The lowest BCUT2D eigenvalue weighted by Crippen LogP contribution is -2.37. The van der Waals surface area contributed by atoms with Gasteiger partial charge in [-0.1, -0.05) is 30.3 Å². The number of hydrogen-bond acceptors (Lipinski definition) is 3. The number of aliphatic carboxylic acids is 1. The molecule has 1 aromatic rings. The van der Waals surface area contributed by atoms with Gasteiger partial charge in [0, 0.05) is 6.54 Å². The van der Waals surface area contributed by atoms with Crippen LogP contribution in [-0.2, 0) is 4.79 Å². The number of halogens is 2. The minimum absolute atomic E-state index is 0.446. The summed E-state index contributed by atoms with van der Waals surface area (Å²) in [6.07, 6.45) is -4.77. The van der Waals surface area contributed by atoms with Crippen molar-refractivity contribution in [1.82, 2.24) is 5.32 Å². The molecule has 1 rings (SSSR count). The van der Waals surface area contributed by atoms with Gasteiger partial charge in [0.1, 0.15) is 12.1 Å². The lowest BCUT2D eigenvalue weighted by Gasteiger charge is -2.17. The lowest BCUT2D eigenvalue weighted by atomic mass is 10.1.